The fourth-order valence-electron chi connectivity index (χ4n) is 1.82. The molecule has 0 bridgehead atoms. The van der Waals surface area contributed by atoms with Crippen molar-refractivity contribution in [1.29, 1.82) is 0 Å². The van der Waals surface area contributed by atoms with Gasteiger partial charge in [-0.15, -0.1) is 0 Å². The summed E-state index contributed by atoms with van der Waals surface area (Å²) in [7, 11) is 0. The summed E-state index contributed by atoms with van der Waals surface area (Å²) in [6.45, 7) is 11.7. The van der Waals surface area contributed by atoms with Gasteiger partial charge in [0.2, 0.25) is 5.91 Å². The number of hydrogen-bond acceptors (Lipinski definition) is 3. The molecule has 0 atom stereocenters. The number of nitrogens with one attached hydrogen (secondary N) is 2. The second-order valence-electron chi connectivity index (χ2n) is 6.09. The minimum atomic E-state index is -0.168. The van der Waals surface area contributed by atoms with Crippen LogP contribution in [0, 0.1) is 5.41 Å². The molecule has 1 amide bonds. The number of carbonyl (C=O) groups excluding carboxylic acids is 1. The molecule has 0 aromatic carbocycles. The van der Waals surface area contributed by atoms with Gasteiger partial charge >= 0.3 is 0 Å². The maximum atomic E-state index is 11.6. The van der Waals surface area contributed by atoms with Crippen molar-refractivity contribution in [3.8, 4) is 0 Å². The van der Waals surface area contributed by atoms with Gasteiger partial charge in [-0.1, -0.05) is 13.8 Å². The highest BCUT2D eigenvalue weighted by Gasteiger charge is 2.24. The Kier molecular flexibility index (Phi) is 7.48. The van der Waals surface area contributed by atoms with E-state index >= 15 is 0 Å². The van der Waals surface area contributed by atoms with E-state index in [1.165, 1.54) is 0 Å². The molecule has 0 heterocycles. The highest BCUT2D eigenvalue weighted by Crippen LogP contribution is 2.24. The molecule has 0 saturated carbocycles. The first-order valence-corrected chi connectivity index (χ1v) is 6.91. The lowest BCUT2D eigenvalue weighted by Crippen LogP contribution is -2.42. The Hall–Kier alpha value is -0.610. The van der Waals surface area contributed by atoms with Crippen LogP contribution >= 0.6 is 0 Å². The monoisotopic (exact) mass is 258 g/mol. The van der Waals surface area contributed by atoms with Crippen LogP contribution in [0.15, 0.2) is 0 Å². The standard InChI is InChI=1S/C14H30N2O2/c1-6-14(7-2,11-17)10-15-9-8-12(18)16-13(3,4)5/h15,17H,6-11H2,1-5H3,(H,16,18). The van der Waals surface area contributed by atoms with E-state index in [2.05, 4.69) is 24.5 Å². The fraction of sp³-hybridized carbons (Fsp3) is 0.929. The molecule has 18 heavy (non-hydrogen) atoms. The summed E-state index contributed by atoms with van der Waals surface area (Å²) in [5.74, 6) is 0.0672. The van der Waals surface area contributed by atoms with E-state index in [0.29, 0.717) is 13.0 Å². The van der Waals surface area contributed by atoms with Crippen LogP contribution in [0.25, 0.3) is 0 Å². The van der Waals surface area contributed by atoms with Gasteiger partial charge in [-0.3, -0.25) is 4.79 Å². The zero-order chi connectivity index (χ0) is 14.2. The van der Waals surface area contributed by atoms with Gasteiger partial charge in [-0.2, -0.15) is 0 Å². The largest absolute Gasteiger partial charge is 0.396 e. The van der Waals surface area contributed by atoms with Crippen molar-refractivity contribution in [2.45, 2.75) is 59.4 Å². The van der Waals surface area contributed by atoms with Crippen LogP contribution in [0.5, 0.6) is 0 Å². The summed E-state index contributed by atoms with van der Waals surface area (Å²) in [4.78, 5) is 11.6. The quantitative estimate of drug-likeness (QED) is 0.581. The van der Waals surface area contributed by atoms with E-state index in [9.17, 15) is 9.90 Å². The molecule has 0 unspecified atom stereocenters. The number of amides is 1. The van der Waals surface area contributed by atoms with Crippen molar-refractivity contribution in [1.82, 2.24) is 10.6 Å². The van der Waals surface area contributed by atoms with Crippen molar-refractivity contribution in [3.05, 3.63) is 0 Å². The number of aliphatic hydroxyl groups excluding tert-OH is 1. The van der Waals surface area contributed by atoms with Crippen molar-refractivity contribution < 1.29 is 9.90 Å². The van der Waals surface area contributed by atoms with Gasteiger partial charge in [0.25, 0.3) is 0 Å². The molecule has 0 aromatic rings. The Labute approximate surface area is 112 Å². The van der Waals surface area contributed by atoms with E-state index in [0.717, 1.165) is 19.4 Å². The molecule has 108 valence electrons. The highest BCUT2D eigenvalue weighted by atomic mass is 16.3. The first kappa shape index (κ1) is 17.4. The highest BCUT2D eigenvalue weighted by molar-refractivity contribution is 5.76. The Bertz CT molecular complexity index is 234. The van der Waals surface area contributed by atoms with E-state index in [4.69, 9.17) is 0 Å². The third kappa shape index (κ3) is 6.97. The average Bonchev–Trinajstić information content (AvgIpc) is 2.28. The molecular weight excluding hydrogens is 228 g/mol. The van der Waals surface area contributed by atoms with Crippen LogP contribution in [0.2, 0.25) is 0 Å². The third-order valence-electron chi connectivity index (χ3n) is 3.38. The van der Waals surface area contributed by atoms with Gasteiger partial charge in [-0.05, 0) is 33.6 Å². The van der Waals surface area contributed by atoms with Crippen LogP contribution < -0.4 is 10.6 Å². The third-order valence-corrected chi connectivity index (χ3v) is 3.38. The van der Waals surface area contributed by atoms with E-state index < -0.39 is 0 Å². The van der Waals surface area contributed by atoms with Crippen molar-refractivity contribution in [3.63, 3.8) is 0 Å². The molecule has 0 aliphatic carbocycles. The SMILES string of the molecule is CCC(CC)(CO)CNCCC(=O)NC(C)(C)C. The maximum Gasteiger partial charge on any atom is 0.221 e. The Balaban J connectivity index is 3.89. The van der Waals surface area contributed by atoms with Crippen LogP contribution in [0.1, 0.15) is 53.9 Å². The van der Waals surface area contributed by atoms with Crippen molar-refractivity contribution in [2.24, 2.45) is 5.41 Å². The summed E-state index contributed by atoms with van der Waals surface area (Å²) in [5, 5.41) is 15.6. The normalized spacial score (nSPS) is 12.6. The molecule has 0 aliphatic rings. The molecule has 0 spiro atoms. The van der Waals surface area contributed by atoms with E-state index in [-0.39, 0.29) is 23.5 Å². The Morgan fingerprint density at radius 3 is 2.11 bits per heavy atom. The van der Waals surface area contributed by atoms with E-state index in [1.54, 1.807) is 0 Å². The molecule has 0 radical (unpaired) electrons. The van der Waals surface area contributed by atoms with Crippen LogP contribution in [0.4, 0.5) is 0 Å². The minimum Gasteiger partial charge on any atom is -0.396 e. The number of carbonyl (C=O) groups is 1. The minimum absolute atomic E-state index is 0.0412. The number of aliphatic hydroxyl groups is 1. The van der Waals surface area contributed by atoms with Gasteiger partial charge < -0.3 is 15.7 Å². The second kappa shape index (κ2) is 7.74. The average molecular weight is 258 g/mol. The fourth-order valence-corrected chi connectivity index (χ4v) is 1.82. The molecule has 0 aliphatic heterocycles. The Morgan fingerprint density at radius 2 is 1.72 bits per heavy atom. The lowest BCUT2D eigenvalue weighted by molar-refractivity contribution is -0.122. The maximum absolute atomic E-state index is 11.6. The summed E-state index contributed by atoms with van der Waals surface area (Å²) < 4.78 is 0. The molecule has 3 N–H and O–H groups in total. The Morgan fingerprint density at radius 1 is 1.17 bits per heavy atom. The lowest BCUT2D eigenvalue weighted by Gasteiger charge is -2.29. The summed E-state index contributed by atoms with van der Waals surface area (Å²) in [6, 6.07) is 0. The zero-order valence-electron chi connectivity index (χ0n) is 12.6. The van der Waals surface area contributed by atoms with Crippen molar-refractivity contribution in [2.75, 3.05) is 19.7 Å². The number of hydrogen-bond donors (Lipinski definition) is 3. The molecule has 0 saturated heterocycles. The van der Waals surface area contributed by atoms with Crippen molar-refractivity contribution >= 4 is 5.91 Å². The molecule has 0 fully saturated rings. The van der Waals surface area contributed by atoms with Gasteiger partial charge in [-0.25, -0.2) is 0 Å². The van der Waals surface area contributed by atoms with Gasteiger partial charge in [0, 0.05) is 37.1 Å². The predicted molar refractivity (Wildman–Crippen MR) is 75.5 cm³/mol. The smallest absolute Gasteiger partial charge is 0.221 e. The van der Waals surface area contributed by atoms with E-state index in [1.807, 2.05) is 20.8 Å². The molecule has 4 heteroatoms. The second-order valence-corrected chi connectivity index (χ2v) is 6.09. The van der Waals surface area contributed by atoms with Gasteiger partial charge in [0.05, 0.1) is 0 Å². The first-order valence-electron chi connectivity index (χ1n) is 6.91. The molecule has 0 aromatic heterocycles. The van der Waals surface area contributed by atoms with Gasteiger partial charge in [0.15, 0.2) is 0 Å². The summed E-state index contributed by atoms with van der Waals surface area (Å²) >= 11 is 0. The lowest BCUT2D eigenvalue weighted by atomic mass is 9.83. The van der Waals surface area contributed by atoms with Crippen LogP contribution in [0.3, 0.4) is 0 Å². The molecule has 4 nitrogen and oxygen atoms in total. The first-order chi connectivity index (χ1) is 8.28. The summed E-state index contributed by atoms with van der Waals surface area (Å²) in [5.41, 5.74) is -0.209. The predicted octanol–water partition coefficient (Wildman–Crippen LogP) is 1.68. The van der Waals surface area contributed by atoms with Gasteiger partial charge in [0.1, 0.15) is 0 Å². The topological polar surface area (TPSA) is 61.4 Å². The van der Waals surface area contributed by atoms with Crippen LogP contribution in [-0.4, -0.2) is 36.2 Å². The molecule has 0 rings (SSSR count). The van der Waals surface area contributed by atoms with Crippen LogP contribution in [-0.2, 0) is 4.79 Å². The number of rotatable bonds is 8. The molecular formula is C14H30N2O2. The zero-order valence-corrected chi connectivity index (χ0v) is 12.6. The summed E-state index contributed by atoms with van der Waals surface area (Å²) in [6.07, 6.45) is 2.37.